The maximum absolute atomic E-state index is 6.25. The van der Waals surface area contributed by atoms with Gasteiger partial charge in [0.25, 0.3) is 0 Å². The zero-order valence-electron chi connectivity index (χ0n) is 21.9. The Labute approximate surface area is 237 Å². The summed E-state index contributed by atoms with van der Waals surface area (Å²) in [5.74, 6) is 5.43. The maximum atomic E-state index is 6.25. The van der Waals surface area contributed by atoms with Gasteiger partial charge in [-0.3, -0.25) is 0 Å². The van der Waals surface area contributed by atoms with E-state index >= 15 is 0 Å². The van der Waals surface area contributed by atoms with Crippen LogP contribution in [0.5, 0.6) is 46.0 Å². The highest BCUT2D eigenvalue weighted by Gasteiger charge is 2.24. The average Bonchev–Trinajstić information content (AvgIpc) is 3.03. The number of fused-ring (bicyclic) bond motifs is 4. The molecule has 6 aromatic carbocycles. The molecule has 196 valence electrons. The van der Waals surface area contributed by atoms with Gasteiger partial charge in [-0.05, 0) is 71.8 Å². The Morgan fingerprint density at radius 2 is 0.659 bits per heavy atom. The van der Waals surface area contributed by atoms with E-state index in [9.17, 15) is 0 Å². The SMILES string of the molecule is c1ccc(-c2ccc(N(c3ccc4c(c3)Oc3ccccc3O4)c3ccc4c(c3)Oc3ccccc3O4)cc2)cc1. The quantitative estimate of drug-likeness (QED) is 0.225. The van der Waals surface area contributed by atoms with Gasteiger partial charge in [0.1, 0.15) is 0 Å². The van der Waals surface area contributed by atoms with Crippen LogP contribution in [0.4, 0.5) is 17.1 Å². The Hall–Kier alpha value is -5.68. The molecule has 6 aromatic rings. The van der Waals surface area contributed by atoms with Gasteiger partial charge in [0.2, 0.25) is 0 Å². The highest BCUT2D eigenvalue weighted by Crippen LogP contribution is 2.50. The lowest BCUT2D eigenvalue weighted by molar-refractivity contribution is 0.359. The first-order chi connectivity index (χ1) is 20.3. The standard InChI is InChI=1S/C36H23NO4/c1-2-8-24(9-3-1)25-14-16-26(17-15-25)37(27-18-20-33-35(22-27)40-31-12-6-4-10-29(31)38-33)28-19-21-34-36(23-28)41-32-13-7-5-11-30(32)39-34/h1-23H. The minimum Gasteiger partial charge on any atom is -0.450 e. The van der Waals surface area contributed by atoms with E-state index in [-0.39, 0.29) is 0 Å². The van der Waals surface area contributed by atoms with Gasteiger partial charge in [0.15, 0.2) is 46.0 Å². The Morgan fingerprint density at radius 3 is 1.15 bits per heavy atom. The van der Waals surface area contributed by atoms with E-state index in [0.717, 1.165) is 22.6 Å². The largest absolute Gasteiger partial charge is 0.450 e. The van der Waals surface area contributed by atoms with Crippen molar-refractivity contribution >= 4 is 17.1 Å². The lowest BCUT2D eigenvalue weighted by Crippen LogP contribution is -2.11. The number of ether oxygens (including phenoxy) is 4. The van der Waals surface area contributed by atoms with E-state index in [0.29, 0.717) is 46.0 Å². The van der Waals surface area contributed by atoms with Gasteiger partial charge >= 0.3 is 0 Å². The van der Waals surface area contributed by atoms with Crippen molar-refractivity contribution in [1.29, 1.82) is 0 Å². The summed E-state index contributed by atoms with van der Waals surface area (Å²) < 4.78 is 24.7. The normalized spacial score (nSPS) is 12.2. The third-order valence-electron chi connectivity index (χ3n) is 7.18. The molecule has 0 fully saturated rings. The molecular weight excluding hydrogens is 510 g/mol. The van der Waals surface area contributed by atoms with Crippen molar-refractivity contribution in [3.63, 3.8) is 0 Å². The summed E-state index contributed by atoms with van der Waals surface area (Å²) >= 11 is 0. The fourth-order valence-corrected chi connectivity index (χ4v) is 5.19. The summed E-state index contributed by atoms with van der Waals surface area (Å²) in [4.78, 5) is 2.17. The second-order valence-corrected chi connectivity index (χ2v) is 9.81. The lowest BCUT2D eigenvalue weighted by Gasteiger charge is -2.29. The van der Waals surface area contributed by atoms with E-state index in [1.165, 1.54) is 5.56 Å². The first kappa shape index (κ1) is 23.2. The zero-order chi connectivity index (χ0) is 27.2. The molecule has 2 aliphatic rings. The van der Waals surface area contributed by atoms with Gasteiger partial charge in [-0.2, -0.15) is 0 Å². The molecule has 0 spiro atoms. The Bertz CT molecular complexity index is 1800. The molecule has 0 saturated heterocycles. The molecular formula is C36H23NO4. The van der Waals surface area contributed by atoms with E-state index < -0.39 is 0 Å². The fourth-order valence-electron chi connectivity index (χ4n) is 5.19. The molecule has 0 saturated carbocycles. The van der Waals surface area contributed by atoms with Crippen molar-refractivity contribution in [2.24, 2.45) is 0 Å². The summed E-state index contributed by atoms with van der Waals surface area (Å²) in [6, 6.07) is 46.2. The molecule has 2 heterocycles. The van der Waals surface area contributed by atoms with Crippen LogP contribution in [0.2, 0.25) is 0 Å². The topological polar surface area (TPSA) is 40.2 Å². The monoisotopic (exact) mass is 533 g/mol. The van der Waals surface area contributed by atoms with Crippen LogP contribution >= 0.6 is 0 Å². The molecule has 0 unspecified atom stereocenters. The summed E-state index contributed by atoms with van der Waals surface area (Å²) in [6.07, 6.45) is 0. The van der Waals surface area contributed by atoms with Gasteiger partial charge < -0.3 is 23.8 Å². The number of hydrogen-bond donors (Lipinski definition) is 0. The van der Waals surface area contributed by atoms with E-state index in [1.54, 1.807) is 0 Å². The highest BCUT2D eigenvalue weighted by molar-refractivity contribution is 5.81. The van der Waals surface area contributed by atoms with E-state index in [2.05, 4.69) is 53.4 Å². The molecule has 0 atom stereocenters. The number of anilines is 3. The van der Waals surface area contributed by atoms with Gasteiger partial charge in [-0.15, -0.1) is 0 Å². The van der Waals surface area contributed by atoms with E-state index in [4.69, 9.17) is 18.9 Å². The van der Waals surface area contributed by atoms with Crippen molar-refractivity contribution in [2.75, 3.05) is 4.90 Å². The van der Waals surface area contributed by atoms with Crippen LogP contribution in [-0.4, -0.2) is 0 Å². The van der Waals surface area contributed by atoms with Crippen LogP contribution in [0.15, 0.2) is 140 Å². The first-order valence-corrected chi connectivity index (χ1v) is 13.4. The molecule has 0 bridgehead atoms. The number of hydrogen-bond acceptors (Lipinski definition) is 5. The number of rotatable bonds is 4. The Morgan fingerprint density at radius 1 is 0.293 bits per heavy atom. The lowest BCUT2D eigenvalue weighted by atomic mass is 10.0. The predicted octanol–water partition coefficient (Wildman–Crippen LogP) is 10.6. The Balaban J connectivity index is 1.22. The fraction of sp³-hybridized carbons (Fsp3) is 0. The van der Waals surface area contributed by atoms with Gasteiger partial charge in [-0.1, -0.05) is 66.7 Å². The molecule has 2 aliphatic heterocycles. The minimum absolute atomic E-state index is 0.651. The van der Waals surface area contributed by atoms with Crippen LogP contribution in [0.3, 0.4) is 0 Å². The predicted molar refractivity (Wildman–Crippen MR) is 160 cm³/mol. The van der Waals surface area contributed by atoms with Crippen molar-refractivity contribution in [2.45, 2.75) is 0 Å². The molecule has 0 N–H and O–H groups in total. The van der Waals surface area contributed by atoms with Gasteiger partial charge in [-0.25, -0.2) is 0 Å². The molecule has 0 radical (unpaired) electrons. The van der Waals surface area contributed by atoms with Crippen LogP contribution in [0.25, 0.3) is 11.1 Å². The van der Waals surface area contributed by atoms with Crippen molar-refractivity contribution < 1.29 is 18.9 Å². The van der Waals surface area contributed by atoms with Crippen molar-refractivity contribution in [3.05, 3.63) is 140 Å². The Kier molecular flexibility index (Phi) is 5.38. The third kappa shape index (κ3) is 4.21. The smallest absolute Gasteiger partial charge is 0.172 e. The molecule has 0 aromatic heterocycles. The second-order valence-electron chi connectivity index (χ2n) is 9.81. The first-order valence-electron chi connectivity index (χ1n) is 13.4. The van der Waals surface area contributed by atoms with Crippen LogP contribution in [0, 0.1) is 0 Å². The van der Waals surface area contributed by atoms with Crippen molar-refractivity contribution in [1.82, 2.24) is 0 Å². The second kappa shape index (κ2) is 9.50. The summed E-state index contributed by atoms with van der Waals surface area (Å²) in [5.41, 5.74) is 5.12. The number of nitrogens with zero attached hydrogens (tertiary/aromatic N) is 1. The van der Waals surface area contributed by atoms with Gasteiger partial charge in [0.05, 0.1) is 11.4 Å². The van der Waals surface area contributed by atoms with Crippen LogP contribution in [0.1, 0.15) is 0 Å². The summed E-state index contributed by atoms with van der Waals surface area (Å²) in [5, 5.41) is 0. The van der Waals surface area contributed by atoms with Gasteiger partial charge in [0, 0.05) is 17.8 Å². The third-order valence-corrected chi connectivity index (χ3v) is 7.18. The number of benzene rings is 6. The molecule has 0 aliphatic carbocycles. The maximum Gasteiger partial charge on any atom is 0.172 e. The van der Waals surface area contributed by atoms with E-state index in [1.807, 2.05) is 91.0 Å². The van der Waals surface area contributed by atoms with Crippen molar-refractivity contribution in [3.8, 4) is 57.1 Å². The summed E-state index contributed by atoms with van der Waals surface area (Å²) in [6.45, 7) is 0. The number of para-hydroxylation sites is 4. The summed E-state index contributed by atoms with van der Waals surface area (Å²) in [7, 11) is 0. The molecule has 0 amide bonds. The van der Waals surface area contributed by atoms with Crippen LogP contribution < -0.4 is 23.8 Å². The molecule has 8 rings (SSSR count). The highest BCUT2D eigenvalue weighted by atomic mass is 16.6. The molecule has 41 heavy (non-hydrogen) atoms. The van der Waals surface area contributed by atoms with Crippen LogP contribution in [-0.2, 0) is 0 Å². The average molecular weight is 534 g/mol. The molecule has 5 heteroatoms. The zero-order valence-corrected chi connectivity index (χ0v) is 21.9. The minimum atomic E-state index is 0.651. The molecule has 5 nitrogen and oxygen atoms in total.